The van der Waals surface area contributed by atoms with Crippen LogP contribution in [0.5, 0.6) is 0 Å². The number of nitrogens with zero attached hydrogens (tertiary/aromatic N) is 3. The van der Waals surface area contributed by atoms with Gasteiger partial charge in [-0.2, -0.15) is 0 Å². The first-order valence-corrected chi connectivity index (χ1v) is 9.92. The molecule has 3 aromatic rings. The highest BCUT2D eigenvalue weighted by Crippen LogP contribution is 2.27. The zero-order valence-corrected chi connectivity index (χ0v) is 16.6. The first kappa shape index (κ1) is 20.6. The van der Waals surface area contributed by atoms with E-state index in [0.717, 1.165) is 11.1 Å². The van der Waals surface area contributed by atoms with Crippen molar-refractivity contribution in [2.75, 3.05) is 11.1 Å². The first-order chi connectivity index (χ1) is 14.9. The Morgan fingerprint density at radius 1 is 1.10 bits per heavy atom. The molecule has 4 rings (SSSR count). The van der Waals surface area contributed by atoms with Gasteiger partial charge in [-0.1, -0.05) is 24.3 Å². The number of fused-ring (bicyclic) bond motifs is 2. The summed E-state index contributed by atoms with van der Waals surface area (Å²) in [6.45, 7) is 0.946. The molecule has 1 aliphatic heterocycles. The standard InChI is InChI=1S/C22H21F2N5O2/c23-18(24)6-3-7-19(30)26-15-8-9-17-16(10-15)20(28-22(25)27-17)21(31)29-11-13-4-1-2-5-14(13)12-29/h1-2,4-5,8-10,18H,3,6-7,11-12H2,(H,26,30)(H2,25,27,28). The molecule has 0 radical (unpaired) electrons. The van der Waals surface area contributed by atoms with Crippen LogP contribution >= 0.6 is 0 Å². The molecule has 0 unspecified atom stereocenters. The number of nitrogen functional groups attached to an aromatic ring is 1. The summed E-state index contributed by atoms with van der Waals surface area (Å²) in [6.07, 6.45) is -2.68. The van der Waals surface area contributed by atoms with Gasteiger partial charge in [-0.05, 0) is 35.7 Å². The molecule has 0 bridgehead atoms. The van der Waals surface area contributed by atoms with Crippen molar-refractivity contribution < 1.29 is 18.4 Å². The molecule has 2 aromatic carbocycles. The minimum absolute atomic E-state index is 0.0154. The molecule has 2 amide bonds. The average molecular weight is 425 g/mol. The Balaban J connectivity index is 1.57. The Bertz CT molecular complexity index is 1130. The molecule has 2 heterocycles. The fraction of sp³-hybridized carbons (Fsp3) is 0.273. The molecule has 0 fully saturated rings. The van der Waals surface area contributed by atoms with Gasteiger partial charge in [0, 0.05) is 37.0 Å². The van der Waals surface area contributed by atoms with Gasteiger partial charge in [-0.15, -0.1) is 0 Å². The molecule has 7 nitrogen and oxygen atoms in total. The third-order valence-corrected chi connectivity index (χ3v) is 5.15. The minimum Gasteiger partial charge on any atom is -0.368 e. The van der Waals surface area contributed by atoms with Crippen molar-refractivity contribution in [2.45, 2.75) is 38.8 Å². The zero-order valence-electron chi connectivity index (χ0n) is 16.6. The van der Waals surface area contributed by atoms with Crippen molar-refractivity contribution >= 4 is 34.4 Å². The van der Waals surface area contributed by atoms with Gasteiger partial charge in [0.1, 0.15) is 5.69 Å². The van der Waals surface area contributed by atoms with Crippen LogP contribution in [-0.2, 0) is 17.9 Å². The SMILES string of the molecule is Nc1nc(C(=O)N2Cc3ccccc3C2)c2cc(NC(=O)CCCC(F)F)ccc2n1. The van der Waals surface area contributed by atoms with E-state index in [1.165, 1.54) is 0 Å². The van der Waals surface area contributed by atoms with Crippen LogP contribution in [0, 0.1) is 0 Å². The topological polar surface area (TPSA) is 101 Å². The van der Waals surface area contributed by atoms with Crippen molar-refractivity contribution in [2.24, 2.45) is 0 Å². The quantitative estimate of drug-likeness (QED) is 0.627. The van der Waals surface area contributed by atoms with Crippen molar-refractivity contribution in [3.63, 3.8) is 0 Å². The number of nitrogens with two attached hydrogens (primary N) is 1. The smallest absolute Gasteiger partial charge is 0.273 e. The molecule has 0 spiro atoms. The normalized spacial score (nSPS) is 12.9. The number of aromatic nitrogens is 2. The van der Waals surface area contributed by atoms with Crippen molar-refractivity contribution in [3.8, 4) is 0 Å². The van der Waals surface area contributed by atoms with Crippen LogP contribution in [0.15, 0.2) is 42.5 Å². The maximum atomic E-state index is 13.2. The van der Waals surface area contributed by atoms with E-state index in [1.807, 2.05) is 24.3 Å². The fourth-order valence-electron chi connectivity index (χ4n) is 3.65. The number of hydrogen-bond donors (Lipinski definition) is 2. The summed E-state index contributed by atoms with van der Waals surface area (Å²) >= 11 is 0. The molecule has 9 heteroatoms. The third kappa shape index (κ3) is 4.60. The monoisotopic (exact) mass is 425 g/mol. The van der Waals surface area contributed by atoms with E-state index in [-0.39, 0.29) is 42.7 Å². The summed E-state index contributed by atoms with van der Waals surface area (Å²) in [5.41, 5.74) is 9.05. The minimum atomic E-state index is -2.43. The van der Waals surface area contributed by atoms with Crippen LogP contribution in [0.2, 0.25) is 0 Å². The van der Waals surface area contributed by atoms with Crippen molar-refractivity contribution in [3.05, 3.63) is 59.3 Å². The van der Waals surface area contributed by atoms with Crippen LogP contribution in [0.1, 0.15) is 40.9 Å². The fourth-order valence-corrected chi connectivity index (χ4v) is 3.65. The van der Waals surface area contributed by atoms with Gasteiger partial charge in [-0.3, -0.25) is 9.59 Å². The predicted octanol–water partition coefficient (Wildman–Crippen LogP) is 3.74. The molecular formula is C22H21F2N5O2. The van der Waals surface area contributed by atoms with E-state index < -0.39 is 6.43 Å². The number of amides is 2. The summed E-state index contributed by atoms with van der Waals surface area (Å²) in [7, 11) is 0. The molecule has 0 saturated heterocycles. The number of anilines is 2. The summed E-state index contributed by atoms with van der Waals surface area (Å²) in [5.74, 6) is -0.675. The molecule has 3 N–H and O–H groups in total. The third-order valence-electron chi connectivity index (χ3n) is 5.15. The molecular weight excluding hydrogens is 404 g/mol. The van der Waals surface area contributed by atoms with Crippen LogP contribution in [-0.4, -0.2) is 33.1 Å². The summed E-state index contributed by atoms with van der Waals surface area (Å²) in [6, 6.07) is 12.7. The Hall–Kier alpha value is -3.62. The van der Waals surface area contributed by atoms with Gasteiger partial charge in [0.2, 0.25) is 18.3 Å². The molecule has 1 aromatic heterocycles. The molecule has 0 atom stereocenters. The molecule has 0 aliphatic carbocycles. The average Bonchev–Trinajstić information content (AvgIpc) is 3.17. The Kier molecular flexibility index (Phi) is 5.75. The van der Waals surface area contributed by atoms with E-state index in [9.17, 15) is 18.4 Å². The first-order valence-electron chi connectivity index (χ1n) is 9.92. The van der Waals surface area contributed by atoms with E-state index in [1.54, 1.807) is 23.1 Å². The Morgan fingerprint density at radius 3 is 2.48 bits per heavy atom. The lowest BCUT2D eigenvalue weighted by molar-refractivity contribution is -0.116. The lowest BCUT2D eigenvalue weighted by Crippen LogP contribution is -2.27. The number of benzene rings is 2. The number of rotatable bonds is 6. The predicted molar refractivity (Wildman–Crippen MR) is 112 cm³/mol. The molecule has 1 aliphatic rings. The van der Waals surface area contributed by atoms with Crippen LogP contribution in [0.25, 0.3) is 10.9 Å². The largest absolute Gasteiger partial charge is 0.368 e. The second-order valence-electron chi connectivity index (χ2n) is 7.42. The van der Waals surface area contributed by atoms with Gasteiger partial charge in [0.05, 0.1) is 5.52 Å². The van der Waals surface area contributed by atoms with Gasteiger partial charge < -0.3 is 16.0 Å². The highest BCUT2D eigenvalue weighted by molar-refractivity contribution is 6.06. The van der Waals surface area contributed by atoms with E-state index in [0.29, 0.717) is 29.7 Å². The highest BCUT2D eigenvalue weighted by Gasteiger charge is 2.26. The number of hydrogen-bond acceptors (Lipinski definition) is 5. The van der Waals surface area contributed by atoms with Gasteiger partial charge >= 0.3 is 0 Å². The van der Waals surface area contributed by atoms with Gasteiger partial charge in [0.25, 0.3) is 5.91 Å². The van der Waals surface area contributed by atoms with E-state index in [4.69, 9.17) is 5.73 Å². The zero-order chi connectivity index (χ0) is 22.0. The van der Waals surface area contributed by atoms with E-state index in [2.05, 4.69) is 15.3 Å². The van der Waals surface area contributed by atoms with Crippen LogP contribution in [0.4, 0.5) is 20.4 Å². The lowest BCUT2D eigenvalue weighted by Gasteiger charge is -2.16. The van der Waals surface area contributed by atoms with Crippen LogP contribution < -0.4 is 11.1 Å². The second kappa shape index (κ2) is 8.63. The molecule has 31 heavy (non-hydrogen) atoms. The van der Waals surface area contributed by atoms with Crippen molar-refractivity contribution in [1.82, 2.24) is 14.9 Å². The summed E-state index contributed by atoms with van der Waals surface area (Å²) < 4.78 is 24.5. The lowest BCUT2D eigenvalue weighted by atomic mass is 10.1. The number of alkyl halides is 2. The second-order valence-corrected chi connectivity index (χ2v) is 7.42. The van der Waals surface area contributed by atoms with Gasteiger partial charge in [0.15, 0.2) is 0 Å². The molecule has 0 saturated carbocycles. The van der Waals surface area contributed by atoms with Crippen LogP contribution in [0.3, 0.4) is 0 Å². The number of carbonyl (C=O) groups excluding carboxylic acids is 2. The summed E-state index contributed by atoms with van der Waals surface area (Å²) in [4.78, 5) is 35.3. The number of halogens is 2. The van der Waals surface area contributed by atoms with Gasteiger partial charge in [-0.25, -0.2) is 18.7 Å². The maximum absolute atomic E-state index is 13.2. The number of nitrogens with one attached hydrogen (secondary N) is 1. The Labute approximate surface area is 177 Å². The Morgan fingerprint density at radius 2 is 1.81 bits per heavy atom. The van der Waals surface area contributed by atoms with Crippen molar-refractivity contribution in [1.29, 1.82) is 0 Å². The maximum Gasteiger partial charge on any atom is 0.273 e. The number of carbonyl (C=O) groups is 2. The molecule has 160 valence electrons. The van der Waals surface area contributed by atoms with E-state index >= 15 is 0 Å². The summed E-state index contributed by atoms with van der Waals surface area (Å²) in [5, 5.41) is 3.14. The highest BCUT2D eigenvalue weighted by atomic mass is 19.3.